The van der Waals surface area contributed by atoms with Crippen molar-refractivity contribution in [1.29, 1.82) is 0 Å². The van der Waals surface area contributed by atoms with Crippen LogP contribution in [0, 0.1) is 0 Å². The molecule has 1 unspecified atom stereocenters. The van der Waals surface area contributed by atoms with Crippen LogP contribution in [0.4, 0.5) is 5.82 Å². The summed E-state index contributed by atoms with van der Waals surface area (Å²) in [4.78, 5) is 14.9. The van der Waals surface area contributed by atoms with Gasteiger partial charge in [-0.3, -0.25) is 9.69 Å². The molecule has 1 aliphatic carbocycles. The average molecular weight is 359 g/mol. The number of thiophene rings is 1. The normalized spacial score (nSPS) is 21.8. The minimum Gasteiger partial charge on any atom is -0.311 e. The molecule has 134 valence electrons. The maximum Gasteiger partial charge on any atom is 0.226 e. The number of nitrogens with zero attached hydrogens (tertiary/aromatic N) is 3. The zero-order valence-electron chi connectivity index (χ0n) is 14.6. The molecule has 2 aromatic rings. The van der Waals surface area contributed by atoms with Crippen LogP contribution in [0.2, 0.25) is 0 Å². The van der Waals surface area contributed by atoms with Gasteiger partial charge in [-0.25, -0.2) is 4.68 Å². The predicted octanol–water partition coefficient (Wildman–Crippen LogP) is 4.23. The van der Waals surface area contributed by atoms with Crippen LogP contribution in [0.15, 0.2) is 29.1 Å². The number of hydrogen-bond donors (Lipinski definition) is 1. The zero-order chi connectivity index (χ0) is 17.1. The van der Waals surface area contributed by atoms with Gasteiger partial charge in [-0.2, -0.15) is 16.4 Å². The summed E-state index contributed by atoms with van der Waals surface area (Å²) in [7, 11) is 0. The number of carbonyl (C=O) groups excluding carboxylic acids is 1. The van der Waals surface area contributed by atoms with Gasteiger partial charge in [-0.15, -0.1) is 0 Å². The fourth-order valence-corrected chi connectivity index (χ4v) is 4.95. The molecule has 1 N–H and O–H groups in total. The van der Waals surface area contributed by atoms with Crippen molar-refractivity contribution in [3.63, 3.8) is 0 Å². The number of rotatable bonds is 6. The molecule has 0 spiro atoms. The third-order valence-corrected chi connectivity index (χ3v) is 6.23. The number of anilines is 1. The molecular weight excluding hydrogens is 332 g/mol. The molecule has 6 heteroatoms. The Kier molecular flexibility index (Phi) is 5.17. The molecule has 0 bridgehead atoms. The Morgan fingerprint density at radius 2 is 2.12 bits per heavy atom. The van der Waals surface area contributed by atoms with Gasteiger partial charge >= 0.3 is 0 Å². The Morgan fingerprint density at radius 3 is 2.92 bits per heavy atom. The van der Waals surface area contributed by atoms with E-state index in [9.17, 15) is 4.79 Å². The monoisotopic (exact) mass is 358 g/mol. The van der Waals surface area contributed by atoms with Crippen molar-refractivity contribution < 1.29 is 4.79 Å². The molecule has 2 fully saturated rings. The van der Waals surface area contributed by atoms with Crippen LogP contribution in [0.3, 0.4) is 0 Å². The fourth-order valence-electron chi connectivity index (χ4n) is 4.24. The first-order valence-corrected chi connectivity index (χ1v) is 10.3. The van der Waals surface area contributed by atoms with Gasteiger partial charge in [0.1, 0.15) is 5.82 Å². The summed E-state index contributed by atoms with van der Waals surface area (Å²) in [5.74, 6) is 0.948. The largest absolute Gasteiger partial charge is 0.311 e. The molecule has 0 aromatic carbocycles. The highest BCUT2D eigenvalue weighted by Gasteiger charge is 2.26. The Morgan fingerprint density at radius 1 is 1.24 bits per heavy atom. The topological polar surface area (TPSA) is 50.2 Å². The lowest BCUT2D eigenvalue weighted by molar-refractivity contribution is -0.116. The Labute approximate surface area is 153 Å². The summed E-state index contributed by atoms with van der Waals surface area (Å²) >= 11 is 1.75. The van der Waals surface area contributed by atoms with E-state index in [1.165, 1.54) is 44.1 Å². The second-order valence-electron chi connectivity index (χ2n) is 7.15. The number of aromatic nitrogens is 2. The summed E-state index contributed by atoms with van der Waals surface area (Å²) in [5.41, 5.74) is 1.40. The number of likely N-dealkylation sites (tertiary alicyclic amines) is 1. The molecule has 2 aromatic heterocycles. The Bertz CT molecular complexity index is 690. The van der Waals surface area contributed by atoms with E-state index in [1.807, 2.05) is 10.7 Å². The molecule has 4 rings (SSSR count). The van der Waals surface area contributed by atoms with Gasteiger partial charge in [-0.05, 0) is 54.6 Å². The van der Waals surface area contributed by atoms with Gasteiger partial charge in [-0.1, -0.05) is 12.8 Å². The standard InChI is InChI=1S/C19H26N4OS/c24-19(21-18-7-10-20-23(18)16-4-1-2-5-16)8-12-22-11-3-6-17(22)15-9-13-25-14-15/h7,9-10,13-14,16-17H,1-6,8,11-12H2,(H,21,24). The lowest BCUT2D eigenvalue weighted by atomic mass is 10.1. The maximum absolute atomic E-state index is 12.5. The van der Waals surface area contributed by atoms with E-state index in [1.54, 1.807) is 17.5 Å². The summed E-state index contributed by atoms with van der Waals surface area (Å²) in [6.07, 6.45) is 9.61. The first-order valence-electron chi connectivity index (χ1n) is 9.41. The fraction of sp³-hybridized carbons (Fsp3) is 0.579. The zero-order valence-corrected chi connectivity index (χ0v) is 15.4. The molecule has 1 atom stereocenters. The molecule has 25 heavy (non-hydrogen) atoms. The molecule has 2 aliphatic rings. The van der Waals surface area contributed by atoms with Gasteiger partial charge in [0.2, 0.25) is 5.91 Å². The van der Waals surface area contributed by atoms with E-state index in [0.717, 1.165) is 18.9 Å². The van der Waals surface area contributed by atoms with Crippen molar-refractivity contribution in [2.24, 2.45) is 0 Å². The van der Waals surface area contributed by atoms with Gasteiger partial charge in [0.15, 0.2) is 0 Å². The minimum absolute atomic E-state index is 0.0933. The number of hydrogen-bond acceptors (Lipinski definition) is 4. The molecule has 1 saturated carbocycles. The quantitative estimate of drug-likeness (QED) is 0.841. The van der Waals surface area contributed by atoms with Crippen molar-refractivity contribution in [2.45, 2.75) is 57.0 Å². The van der Waals surface area contributed by atoms with Crippen LogP contribution < -0.4 is 5.32 Å². The van der Waals surface area contributed by atoms with Crippen LogP contribution in [0.25, 0.3) is 0 Å². The third kappa shape index (κ3) is 3.80. The smallest absolute Gasteiger partial charge is 0.226 e. The molecule has 1 saturated heterocycles. The predicted molar refractivity (Wildman–Crippen MR) is 101 cm³/mol. The highest BCUT2D eigenvalue weighted by atomic mass is 32.1. The number of nitrogens with one attached hydrogen (secondary N) is 1. The molecule has 3 heterocycles. The lowest BCUT2D eigenvalue weighted by Crippen LogP contribution is -2.28. The second kappa shape index (κ2) is 7.70. The first kappa shape index (κ1) is 16.8. The van der Waals surface area contributed by atoms with Crippen LogP contribution in [-0.2, 0) is 4.79 Å². The van der Waals surface area contributed by atoms with E-state index >= 15 is 0 Å². The van der Waals surface area contributed by atoms with E-state index in [0.29, 0.717) is 18.5 Å². The molecular formula is C19H26N4OS. The first-order chi connectivity index (χ1) is 12.3. The van der Waals surface area contributed by atoms with Crippen LogP contribution >= 0.6 is 11.3 Å². The van der Waals surface area contributed by atoms with Crippen LogP contribution in [0.1, 0.15) is 62.6 Å². The SMILES string of the molecule is O=C(CCN1CCCC1c1ccsc1)Nc1ccnn1C1CCCC1. The summed E-state index contributed by atoms with van der Waals surface area (Å²) in [6, 6.07) is 5.07. The molecule has 5 nitrogen and oxygen atoms in total. The summed E-state index contributed by atoms with van der Waals surface area (Å²) in [6.45, 7) is 1.91. The van der Waals surface area contributed by atoms with Gasteiger partial charge in [0.05, 0.1) is 12.2 Å². The van der Waals surface area contributed by atoms with Crippen LogP contribution in [-0.4, -0.2) is 33.7 Å². The van der Waals surface area contributed by atoms with E-state index < -0.39 is 0 Å². The van der Waals surface area contributed by atoms with Gasteiger partial charge < -0.3 is 5.32 Å². The molecule has 1 amide bonds. The van der Waals surface area contributed by atoms with E-state index in [-0.39, 0.29) is 5.91 Å². The van der Waals surface area contributed by atoms with Crippen molar-refractivity contribution in [3.8, 4) is 0 Å². The third-order valence-electron chi connectivity index (χ3n) is 5.53. The van der Waals surface area contributed by atoms with Gasteiger partial charge in [0, 0.05) is 25.1 Å². The maximum atomic E-state index is 12.5. The highest BCUT2D eigenvalue weighted by molar-refractivity contribution is 7.07. The van der Waals surface area contributed by atoms with Crippen molar-refractivity contribution in [2.75, 3.05) is 18.4 Å². The Balaban J connectivity index is 1.32. The summed E-state index contributed by atoms with van der Waals surface area (Å²) < 4.78 is 2.01. The second-order valence-corrected chi connectivity index (χ2v) is 7.93. The number of carbonyl (C=O) groups is 1. The lowest BCUT2D eigenvalue weighted by Gasteiger charge is -2.23. The van der Waals surface area contributed by atoms with E-state index in [2.05, 4.69) is 32.1 Å². The van der Waals surface area contributed by atoms with Crippen molar-refractivity contribution in [1.82, 2.24) is 14.7 Å². The Hall–Kier alpha value is -1.66. The van der Waals surface area contributed by atoms with E-state index in [4.69, 9.17) is 0 Å². The van der Waals surface area contributed by atoms with Crippen LogP contribution in [0.5, 0.6) is 0 Å². The van der Waals surface area contributed by atoms with Gasteiger partial charge in [0.25, 0.3) is 0 Å². The van der Waals surface area contributed by atoms with Crippen molar-refractivity contribution in [3.05, 3.63) is 34.7 Å². The summed E-state index contributed by atoms with van der Waals surface area (Å²) in [5, 5.41) is 11.9. The van der Waals surface area contributed by atoms with Crippen molar-refractivity contribution >= 4 is 23.1 Å². The minimum atomic E-state index is 0.0933. The average Bonchev–Trinajstić information content (AvgIpc) is 3.39. The number of amides is 1. The molecule has 1 aliphatic heterocycles. The molecule has 0 radical (unpaired) electrons. The highest BCUT2D eigenvalue weighted by Crippen LogP contribution is 2.33.